The molecule has 2 rings (SSSR count). The summed E-state index contributed by atoms with van der Waals surface area (Å²) >= 11 is 0. The molecule has 1 heterocycles. The molecular formula is C12H16O5S. The molecule has 1 fully saturated rings. The minimum atomic E-state index is -3.28. The zero-order valence-electron chi connectivity index (χ0n) is 10.1. The van der Waals surface area contributed by atoms with Crippen LogP contribution in [0.3, 0.4) is 0 Å². The first-order chi connectivity index (χ1) is 8.45. The number of ether oxygens (including phenoxy) is 2. The molecule has 0 aliphatic carbocycles. The second kappa shape index (κ2) is 4.97. The molecule has 0 spiro atoms. The minimum Gasteiger partial charge on any atom is -0.394 e. The minimum absolute atomic E-state index is 0.181. The van der Waals surface area contributed by atoms with Gasteiger partial charge in [-0.15, -0.1) is 0 Å². The Kier molecular flexibility index (Phi) is 3.72. The van der Waals surface area contributed by atoms with E-state index in [1.54, 1.807) is 24.3 Å². The maximum Gasteiger partial charge on any atom is 0.209 e. The number of aliphatic hydroxyl groups is 1. The Bertz CT molecular complexity index is 498. The van der Waals surface area contributed by atoms with E-state index in [0.29, 0.717) is 5.56 Å². The molecule has 0 amide bonds. The third-order valence-electron chi connectivity index (χ3n) is 2.73. The van der Waals surface area contributed by atoms with Gasteiger partial charge in [-0.05, 0) is 0 Å². The van der Waals surface area contributed by atoms with Crippen molar-refractivity contribution in [2.75, 3.05) is 25.2 Å². The van der Waals surface area contributed by atoms with E-state index < -0.39 is 21.7 Å². The van der Waals surface area contributed by atoms with E-state index >= 15 is 0 Å². The third kappa shape index (κ3) is 2.89. The lowest BCUT2D eigenvalue weighted by molar-refractivity contribution is -0.162. The van der Waals surface area contributed by atoms with Crippen molar-refractivity contribution >= 4 is 9.84 Å². The molecule has 0 unspecified atom stereocenters. The summed E-state index contributed by atoms with van der Waals surface area (Å²) in [6.07, 6.45) is 0.642. The summed E-state index contributed by atoms with van der Waals surface area (Å²) in [5.41, 5.74) is 0.645. The highest BCUT2D eigenvalue weighted by Gasteiger charge is 2.45. The molecule has 1 aromatic carbocycles. The van der Waals surface area contributed by atoms with Crippen molar-refractivity contribution < 1.29 is 23.0 Å². The van der Waals surface area contributed by atoms with E-state index in [1.807, 2.05) is 6.07 Å². The van der Waals surface area contributed by atoms with Crippen LogP contribution in [-0.4, -0.2) is 44.9 Å². The van der Waals surface area contributed by atoms with Crippen LogP contribution >= 0.6 is 0 Å². The van der Waals surface area contributed by atoms with E-state index in [1.165, 1.54) is 0 Å². The fourth-order valence-electron chi connectivity index (χ4n) is 2.00. The van der Waals surface area contributed by atoms with Gasteiger partial charge in [-0.25, -0.2) is 8.42 Å². The van der Waals surface area contributed by atoms with E-state index in [0.717, 1.165) is 6.26 Å². The Balaban J connectivity index is 2.36. The van der Waals surface area contributed by atoms with Crippen molar-refractivity contribution in [3.05, 3.63) is 35.9 Å². The highest BCUT2D eigenvalue weighted by molar-refractivity contribution is 7.90. The van der Waals surface area contributed by atoms with Crippen molar-refractivity contribution in [3.8, 4) is 0 Å². The largest absolute Gasteiger partial charge is 0.394 e. The predicted octanol–water partition coefficient (Wildman–Crippen LogP) is 0.292. The highest BCUT2D eigenvalue weighted by atomic mass is 32.2. The first kappa shape index (κ1) is 13.5. The normalized spacial score (nSPS) is 28.4. The van der Waals surface area contributed by atoms with E-state index in [4.69, 9.17) is 14.6 Å². The van der Waals surface area contributed by atoms with Crippen LogP contribution in [0.25, 0.3) is 0 Å². The Morgan fingerprint density at radius 2 is 2.06 bits per heavy atom. The van der Waals surface area contributed by atoms with Gasteiger partial charge >= 0.3 is 0 Å². The standard InChI is InChI=1S/C12H16O5S/c1-18(14,15)9-12(10-5-3-2-4-6-10)16-8-11(7-13)17-12/h2-6,11,13H,7-9H2,1H3/t11-,12+/m1/s1. The van der Waals surface area contributed by atoms with Gasteiger partial charge in [0.15, 0.2) is 9.84 Å². The summed E-state index contributed by atoms with van der Waals surface area (Å²) in [7, 11) is -3.28. The van der Waals surface area contributed by atoms with Gasteiger partial charge < -0.3 is 14.6 Å². The molecule has 0 aromatic heterocycles. The van der Waals surface area contributed by atoms with Gasteiger partial charge in [-0.3, -0.25) is 0 Å². The fourth-order valence-corrected chi connectivity index (χ4v) is 3.01. The number of rotatable bonds is 4. The van der Waals surface area contributed by atoms with E-state index in [2.05, 4.69) is 0 Å². The van der Waals surface area contributed by atoms with Gasteiger partial charge in [0.1, 0.15) is 11.9 Å². The average molecular weight is 272 g/mol. The van der Waals surface area contributed by atoms with Gasteiger partial charge in [0.05, 0.1) is 13.2 Å². The summed E-state index contributed by atoms with van der Waals surface area (Å²) in [6.45, 7) is -0.0146. The molecule has 1 aliphatic rings. The van der Waals surface area contributed by atoms with Gasteiger partial charge in [0, 0.05) is 11.8 Å². The molecular weight excluding hydrogens is 256 g/mol. The lowest BCUT2D eigenvalue weighted by atomic mass is 10.1. The van der Waals surface area contributed by atoms with Gasteiger partial charge in [-0.2, -0.15) is 0 Å². The van der Waals surface area contributed by atoms with Crippen LogP contribution in [0.5, 0.6) is 0 Å². The second-order valence-corrected chi connectivity index (χ2v) is 6.56. The quantitative estimate of drug-likeness (QED) is 0.853. The lowest BCUT2D eigenvalue weighted by Gasteiger charge is -2.27. The topological polar surface area (TPSA) is 72.8 Å². The molecule has 1 aromatic rings. The van der Waals surface area contributed by atoms with Crippen molar-refractivity contribution in [1.29, 1.82) is 0 Å². The summed E-state index contributed by atoms with van der Waals surface area (Å²) in [4.78, 5) is 0. The molecule has 0 radical (unpaired) electrons. The van der Waals surface area contributed by atoms with Crippen LogP contribution in [-0.2, 0) is 25.1 Å². The molecule has 100 valence electrons. The summed E-state index contributed by atoms with van der Waals surface area (Å²) in [5.74, 6) is -1.57. The summed E-state index contributed by atoms with van der Waals surface area (Å²) in [6, 6.07) is 8.92. The Morgan fingerprint density at radius 3 is 2.56 bits per heavy atom. The van der Waals surface area contributed by atoms with Crippen LogP contribution < -0.4 is 0 Å². The zero-order chi connectivity index (χ0) is 13.2. The monoisotopic (exact) mass is 272 g/mol. The van der Waals surface area contributed by atoms with Crippen molar-refractivity contribution in [1.82, 2.24) is 0 Å². The number of hydrogen-bond acceptors (Lipinski definition) is 5. The number of sulfone groups is 1. The maximum atomic E-state index is 11.5. The van der Waals surface area contributed by atoms with E-state index in [-0.39, 0.29) is 19.0 Å². The molecule has 6 heteroatoms. The average Bonchev–Trinajstić information content (AvgIpc) is 2.73. The Morgan fingerprint density at radius 1 is 1.39 bits per heavy atom. The van der Waals surface area contributed by atoms with Crippen molar-refractivity contribution in [3.63, 3.8) is 0 Å². The lowest BCUT2D eigenvalue weighted by Crippen LogP contribution is -2.36. The molecule has 2 atom stereocenters. The smallest absolute Gasteiger partial charge is 0.209 e. The van der Waals surface area contributed by atoms with Crippen LogP contribution in [0.1, 0.15) is 5.56 Å². The van der Waals surface area contributed by atoms with E-state index in [9.17, 15) is 8.42 Å². The third-order valence-corrected chi connectivity index (χ3v) is 3.63. The second-order valence-electron chi connectivity index (χ2n) is 4.42. The van der Waals surface area contributed by atoms with Gasteiger partial charge in [0.25, 0.3) is 0 Å². The first-order valence-electron chi connectivity index (χ1n) is 5.61. The fraction of sp³-hybridized carbons (Fsp3) is 0.500. The number of aliphatic hydroxyl groups excluding tert-OH is 1. The SMILES string of the molecule is CS(=O)(=O)C[C@]1(c2ccccc2)OC[C@@H](CO)O1. The van der Waals surface area contributed by atoms with Crippen LogP contribution in [0.15, 0.2) is 30.3 Å². The van der Waals surface area contributed by atoms with Gasteiger partial charge in [-0.1, -0.05) is 30.3 Å². The van der Waals surface area contributed by atoms with Crippen LogP contribution in [0.2, 0.25) is 0 Å². The maximum absolute atomic E-state index is 11.5. The van der Waals surface area contributed by atoms with Crippen LogP contribution in [0, 0.1) is 0 Å². The highest BCUT2D eigenvalue weighted by Crippen LogP contribution is 2.35. The van der Waals surface area contributed by atoms with Crippen molar-refractivity contribution in [2.45, 2.75) is 11.9 Å². The summed E-state index contributed by atoms with van der Waals surface area (Å²) < 4.78 is 34.2. The predicted molar refractivity (Wildman–Crippen MR) is 65.7 cm³/mol. The Hall–Kier alpha value is -0.950. The summed E-state index contributed by atoms with van der Waals surface area (Å²) in [5, 5.41) is 9.09. The molecule has 1 N–H and O–H groups in total. The van der Waals surface area contributed by atoms with Gasteiger partial charge in [0.2, 0.25) is 5.79 Å². The molecule has 18 heavy (non-hydrogen) atoms. The zero-order valence-corrected chi connectivity index (χ0v) is 10.9. The number of benzene rings is 1. The molecule has 0 bridgehead atoms. The molecule has 1 saturated heterocycles. The first-order valence-corrected chi connectivity index (χ1v) is 7.67. The van der Waals surface area contributed by atoms with Crippen molar-refractivity contribution in [2.24, 2.45) is 0 Å². The molecule has 0 saturated carbocycles. The Labute approximate surface area is 106 Å². The molecule has 1 aliphatic heterocycles. The molecule has 5 nitrogen and oxygen atoms in total. The number of hydrogen-bond donors (Lipinski definition) is 1. The van der Waals surface area contributed by atoms with Crippen LogP contribution in [0.4, 0.5) is 0 Å².